The number of nitrogens with one attached hydrogen (secondary N) is 1. The van der Waals surface area contributed by atoms with Crippen molar-refractivity contribution >= 4 is 5.91 Å². The van der Waals surface area contributed by atoms with Crippen molar-refractivity contribution in [2.75, 3.05) is 20.1 Å². The van der Waals surface area contributed by atoms with Gasteiger partial charge >= 0.3 is 0 Å². The van der Waals surface area contributed by atoms with Gasteiger partial charge in [0.1, 0.15) is 6.33 Å². The van der Waals surface area contributed by atoms with Crippen molar-refractivity contribution in [2.45, 2.75) is 6.04 Å². The molecule has 0 spiro atoms. The summed E-state index contributed by atoms with van der Waals surface area (Å²) < 4.78 is 1.55. The van der Waals surface area contributed by atoms with Crippen LogP contribution in [0.1, 0.15) is 10.4 Å². The van der Waals surface area contributed by atoms with Crippen LogP contribution < -0.4 is 5.32 Å². The summed E-state index contributed by atoms with van der Waals surface area (Å²) in [5.41, 5.74) is 1.50. The Morgan fingerprint density at radius 1 is 1.37 bits per heavy atom. The van der Waals surface area contributed by atoms with E-state index in [1.54, 1.807) is 21.7 Å². The number of carbonyl (C=O) groups excluding carboxylic acids is 1. The highest BCUT2D eigenvalue weighted by Crippen LogP contribution is 2.12. The first-order chi connectivity index (χ1) is 9.25. The van der Waals surface area contributed by atoms with Gasteiger partial charge in [-0.2, -0.15) is 0 Å². The monoisotopic (exact) mass is 258 g/mol. The summed E-state index contributed by atoms with van der Waals surface area (Å²) in [7, 11) is 1.84. The van der Waals surface area contributed by atoms with Gasteiger partial charge in [0.15, 0.2) is 0 Å². The maximum absolute atomic E-state index is 12.2. The summed E-state index contributed by atoms with van der Waals surface area (Å²) in [4.78, 5) is 14.0. The topological polar surface area (TPSA) is 75.9 Å². The lowest BCUT2D eigenvalue weighted by Crippen LogP contribution is -2.57. The van der Waals surface area contributed by atoms with Crippen LogP contribution in [-0.4, -0.2) is 57.2 Å². The summed E-state index contributed by atoms with van der Waals surface area (Å²) in [6.45, 7) is 1.73. The Morgan fingerprint density at radius 2 is 2.11 bits per heavy atom. The molecule has 1 fully saturated rings. The Morgan fingerprint density at radius 3 is 2.63 bits per heavy atom. The molecule has 3 rings (SSSR count). The van der Waals surface area contributed by atoms with Crippen LogP contribution in [0.4, 0.5) is 0 Å². The van der Waals surface area contributed by atoms with Gasteiger partial charge in [0, 0.05) is 25.7 Å². The first-order valence-electron chi connectivity index (χ1n) is 6.07. The number of aromatic nitrogens is 4. The van der Waals surface area contributed by atoms with Crippen molar-refractivity contribution in [2.24, 2.45) is 0 Å². The van der Waals surface area contributed by atoms with E-state index in [1.807, 2.05) is 19.2 Å². The number of tetrazole rings is 1. The highest BCUT2D eigenvalue weighted by molar-refractivity contribution is 5.94. The zero-order chi connectivity index (χ0) is 13.2. The van der Waals surface area contributed by atoms with Gasteiger partial charge in [0.05, 0.1) is 11.7 Å². The average Bonchev–Trinajstić information content (AvgIpc) is 2.90. The zero-order valence-electron chi connectivity index (χ0n) is 10.5. The van der Waals surface area contributed by atoms with Crippen LogP contribution in [0, 0.1) is 0 Å². The van der Waals surface area contributed by atoms with Crippen molar-refractivity contribution in [3.05, 3.63) is 36.2 Å². The first kappa shape index (κ1) is 11.8. The van der Waals surface area contributed by atoms with Crippen molar-refractivity contribution in [3.8, 4) is 5.69 Å². The maximum Gasteiger partial charge on any atom is 0.253 e. The van der Waals surface area contributed by atoms with Crippen LogP contribution in [0.3, 0.4) is 0 Å². The second-order valence-electron chi connectivity index (χ2n) is 4.53. The summed E-state index contributed by atoms with van der Waals surface area (Å²) in [5, 5.41) is 14.1. The lowest BCUT2D eigenvalue weighted by Gasteiger charge is -2.35. The SMILES string of the molecule is CN(C(=O)c1ccc(-n2cnnn2)cc1)C1CNC1. The summed E-state index contributed by atoms with van der Waals surface area (Å²) in [6, 6.07) is 7.54. The van der Waals surface area contributed by atoms with Gasteiger partial charge in [-0.05, 0) is 34.7 Å². The molecule has 1 aromatic heterocycles. The van der Waals surface area contributed by atoms with E-state index in [1.165, 1.54) is 6.33 Å². The predicted molar refractivity (Wildman–Crippen MR) is 67.9 cm³/mol. The van der Waals surface area contributed by atoms with Crippen LogP contribution in [0.25, 0.3) is 5.69 Å². The molecule has 1 aliphatic rings. The Hall–Kier alpha value is -2.28. The Balaban J connectivity index is 1.76. The molecule has 0 saturated carbocycles. The smallest absolute Gasteiger partial charge is 0.253 e. The third kappa shape index (κ3) is 2.19. The molecule has 0 atom stereocenters. The van der Waals surface area contributed by atoms with Crippen molar-refractivity contribution in [1.82, 2.24) is 30.4 Å². The molecule has 1 saturated heterocycles. The van der Waals surface area contributed by atoms with Crippen LogP contribution in [0.2, 0.25) is 0 Å². The molecule has 1 aliphatic heterocycles. The molecule has 1 amide bonds. The minimum atomic E-state index is 0.0368. The van der Waals surface area contributed by atoms with E-state index in [0.29, 0.717) is 11.6 Å². The highest BCUT2D eigenvalue weighted by atomic mass is 16.2. The number of hydrogen-bond donors (Lipinski definition) is 1. The third-order valence-corrected chi connectivity index (χ3v) is 3.36. The number of rotatable bonds is 3. The lowest BCUT2D eigenvalue weighted by molar-refractivity contribution is 0.0681. The van der Waals surface area contributed by atoms with Gasteiger partial charge in [-0.25, -0.2) is 4.68 Å². The number of benzene rings is 1. The first-order valence-corrected chi connectivity index (χ1v) is 6.07. The fraction of sp³-hybridized carbons (Fsp3) is 0.333. The lowest BCUT2D eigenvalue weighted by atomic mass is 10.1. The molecule has 0 bridgehead atoms. The number of hydrogen-bond acceptors (Lipinski definition) is 5. The zero-order valence-corrected chi connectivity index (χ0v) is 10.5. The summed E-state index contributed by atoms with van der Waals surface area (Å²) in [6.07, 6.45) is 1.52. The number of nitrogens with zero attached hydrogens (tertiary/aromatic N) is 5. The molecule has 0 radical (unpaired) electrons. The minimum Gasteiger partial charge on any atom is -0.336 e. The Bertz CT molecular complexity index is 560. The van der Waals surface area contributed by atoms with Crippen LogP contribution in [0.5, 0.6) is 0 Å². The van der Waals surface area contributed by atoms with Crippen LogP contribution >= 0.6 is 0 Å². The molecule has 7 nitrogen and oxygen atoms in total. The molecule has 1 aromatic carbocycles. The minimum absolute atomic E-state index is 0.0368. The normalized spacial score (nSPS) is 15.0. The summed E-state index contributed by atoms with van der Waals surface area (Å²) in [5.74, 6) is 0.0368. The van der Waals surface area contributed by atoms with Gasteiger partial charge < -0.3 is 10.2 Å². The standard InChI is InChI=1S/C12H14N6O/c1-17(11-6-13-7-11)12(19)9-2-4-10(5-3-9)18-8-14-15-16-18/h2-5,8,11,13H,6-7H2,1H3. The number of carbonyl (C=O) groups is 1. The largest absolute Gasteiger partial charge is 0.336 e. The number of amides is 1. The van der Waals surface area contributed by atoms with Crippen LogP contribution in [0.15, 0.2) is 30.6 Å². The summed E-state index contributed by atoms with van der Waals surface area (Å²) >= 11 is 0. The van der Waals surface area contributed by atoms with Gasteiger partial charge in [-0.15, -0.1) is 5.10 Å². The van der Waals surface area contributed by atoms with Gasteiger partial charge in [0.25, 0.3) is 5.91 Å². The predicted octanol–water partition coefficient (Wildman–Crippen LogP) is -0.294. The molecule has 0 unspecified atom stereocenters. The Labute approximate surface area is 110 Å². The van der Waals surface area contributed by atoms with E-state index in [0.717, 1.165) is 18.8 Å². The van der Waals surface area contributed by atoms with E-state index in [9.17, 15) is 4.79 Å². The third-order valence-electron chi connectivity index (χ3n) is 3.36. The van der Waals surface area contributed by atoms with E-state index >= 15 is 0 Å². The second kappa shape index (κ2) is 4.77. The molecule has 2 aromatic rings. The quantitative estimate of drug-likeness (QED) is 0.818. The van der Waals surface area contributed by atoms with Gasteiger partial charge in [-0.1, -0.05) is 0 Å². The van der Waals surface area contributed by atoms with E-state index in [-0.39, 0.29) is 5.91 Å². The molecular weight excluding hydrogens is 244 g/mol. The molecule has 7 heteroatoms. The highest BCUT2D eigenvalue weighted by Gasteiger charge is 2.25. The van der Waals surface area contributed by atoms with E-state index < -0.39 is 0 Å². The van der Waals surface area contributed by atoms with Crippen molar-refractivity contribution in [1.29, 1.82) is 0 Å². The average molecular weight is 258 g/mol. The second-order valence-corrected chi connectivity index (χ2v) is 4.53. The van der Waals surface area contributed by atoms with Gasteiger partial charge in [0.2, 0.25) is 0 Å². The maximum atomic E-state index is 12.2. The molecular formula is C12H14N6O. The fourth-order valence-corrected chi connectivity index (χ4v) is 1.95. The van der Waals surface area contributed by atoms with Gasteiger partial charge in [-0.3, -0.25) is 4.79 Å². The number of likely N-dealkylation sites (N-methyl/N-ethyl adjacent to an activating group) is 1. The van der Waals surface area contributed by atoms with Crippen molar-refractivity contribution in [3.63, 3.8) is 0 Å². The van der Waals surface area contributed by atoms with Crippen molar-refractivity contribution < 1.29 is 4.79 Å². The fourth-order valence-electron chi connectivity index (χ4n) is 1.95. The molecule has 2 heterocycles. The molecule has 19 heavy (non-hydrogen) atoms. The molecule has 98 valence electrons. The van der Waals surface area contributed by atoms with E-state index in [2.05, 4.69) is 20.8 Å². The molecule has 1 N–H and O–H groups in total. The van der Waals surface area contributed by atoms with E-state index in [4.69, 9.17) is 0 Å². The van der Waals surface area contributed by atoms with Crippen LogP contribution in [-0.2, 0) is 0 Å². The molecule has 0 aliphatic carbocycles. The Kier molecular flexibility index (Phi) is 2.96.